The minimum atomic E-state index is 0.334. The molecule has 2 aromatic heterocycles. The van der Waals surface area contributed by atoms with Crippen LogP contribution in [0.15, 0.2) is 24.4 Å². The highest BCUT2D eigenvalue weighted by Gasteiger charge is 2.16. The van der Waals surface area contributed by atoms with E-state index >= 15 is 0 Å². The van der Waals surface area contributed by atoms with E-state index in [1.54, 1.807) is 3.51 Å². The molecule has 0 fully saturated rings. The zero-order valence-electron chi connectivity index (χ0n) is 7.79. The third-order valence-corrected chi connectivity index (χ3v) is 4.29. The van der Waals surface area contributed by atoms with Gasteiger partial charge in [0.15, 0.2) is 0 Å². The Labute approximate surface area is 92.1 Å². The van der Waals surface area contributed by atoms with Crippen LogP contribution in [0.2, 0.25) is 0 Å². The number of alkyl halides is 1. The summed E-state index contributed by atoms with van der Waals surface area (Å²) in [5, 5.41) is 1.23. The molecule has 0 aliphatic carbocycles. The van der Waals surface area contributed by atoms with E-state index < -0.39 is 0 Å². The predicted molar refractivity (Wildman–Crippen MR) is 67.3 cm³/mol. The summed E-state index contributed by atoms with van der Waals surface area (Å²) in [6, 6.07) is 6.17. The van der Waals surface area contributed by atoms with Crippen LogP contribution >= 0.6 is 20.7 Å². The summed E-state index contributed by atoms with van der Waals surface area (Å²) in [4.78, 5) is 8.99. The van der Waals surface area contributed by atoms with Gasteiger partial charge in [0.2, 0.25) is 0 Å². The van der Waals surface area contributed by atoms with Crippen molar-refractivity contribution in [3.63, 3.8) is 0 Å². The first kappa shape index (κ1) is 8.47. The SMILES string of the molecule is Cc1cc2ncccc2c(C2=IC2)n1. The van der Waals surface area contributed by atoms with Crippen molar-refractivity contribution in [2.45, 2.75) is 6.92 Å². The van der Waals surface area contributed by atoms with Crippen molar-refractivity contribution in [3.05, 3.63) is 35.8 Å². The highest BCUT2D eigenvalue weighted by atomic mass is 127. The van der Waals surface area contributed by atoms with E-state index in [1.165, 1.54) is 15.5 Å². The fourth-order valence-electron chi connectivity index (χ4n) is 1.57. The number of pyridine rings is 2. The van der Waals surface area contributed by atoms with Gasteiger partial charge in [0.25, 0.3) is 0 Å². The van der Waals surface area contributed by atoms with E-state index in [-0.39, 0.29) is 0 Å². The molecule has 1 aliphatic rings. The van der Waals surface area contributed by atoms with Crippen molar-refractivity contribution in [2.24, 2.45) is 0 Å². The molecule has 0 N–H and O–H groups in total. The molecule has 1 aliphatic heterocycles. The molecule has 0 saturated heterocycles. The normalized spacial score (nSPS) is 14.8. The van der Waals surface area contributed by atoms with E-state index in [2.05, 4.69) is 22.1 Å². The maximum Gasteiger partial charge on any atom is 0.0820 e. The zero-order valence-corrected chi connectivity index (χ0v) is 9.95. The van der Waals surface area contributed by atoms with E-state index in [4.69, 9.17) is 0 Å². The first-order chi connectivity index (χ1) is 6.84. The van der Waals surface area contributed by atoms with Gasteiger partial charge in [0, 0.05) is 25.2 Å². The number of rotatable bonds is 1. The van der Waals surface area contributed by atoms with Gasteiger partial charge in [-0.3, -0.25) is 9.97 Å². The van der Waals surface area contributed by atoms with E-state index in [0.29, 0.717) is 20.7 Å². The summed E-state index contributed by atoms with van der Waals surface area (Å²) in [7, 11) is 0. The molecule has 70 valence electrons. The third-order valence-electron chi connectivity index (χ3n) is 2.25. The van der Waals surface area contributed by atoms with Crippen LogP contribution in [0.1, 0.15) is 11.4 Å². The van der Waals surface area contributed by atoms with Crippen molar-refractivity contribution < 1.29 is 0 Å². The summed E-state index contributed by atoms with van der Waals surface area (Å²) in [6.45, 7) is 2.04. The van der Waals surface area contributed by atoms with Crippen LogP contribution in [0.4, 0.5) is 0 Å². The molecule has 2 nitrogen and oxygen atoms in total. The van der Waals surface area contributed by atoms with Gasteiger partial charge in [-0.05, 0) is 25.1 Å². The second-order valence-corrected chi connectivity index (χ2v) is 6.18. The molecule has 0 atom stereocenters. The van der Waals surface area contributed by atoms with Crippen LogP contribution in [0, 0.1) is 6.92 Å². The van der Waals surface area contributed by atoms with Gasteiger partial charge in [0.05, 0.1) is 11.2 Å². The average Bonchev–Trinajstić information content (AvgIpc) is 2.99. The predicted octanol–water partition coefficient (Wildman–Crippen LogP) is 2.44. The van der Waals surface area contributed by atoms with Gasteiger partial charge >= 0.3 is 0 Å². The Balaban J connectivity index is 2.40. The van der Waals surface area contributed by atoms with Crippen LogP contribution in [-0.2, 0) is 0 Å². The number of aromatic nitrogens is 2. The summed E-state index contributed by atoms with van der Waals surface area (Å²) in [6.07, 6.45) is 1.85. The second-order valence-electron chi connectivity index (χ2n) is 3.35. The van der Waals surface area contributed by atoms with Gasteiger partial charge < -0.3 is 0 Å². The first-order valence-corrected chi connectivity index (χ1v) is 7.13. The van der Waals surface area contributed by atoms with E-state index in [9.17, 15) is 0 Å². The lowest BCUT2D eigenvalue weighted by Gasteiger charge is -2.02. The van der Waals surface area contributed by atoms with Gasteiger partial charge in [-0.15, -0.1) is 20.7 Å². The second kappa shape index (κ2) is 3.08. The van der Waals surface area contributed by atoms with Gasteiger partial charge in [-0.25, -0.2) is 0 Å². The summed E-state index contributed by atoms with van der Waals surface area (Å²) < 4.78 is 2.91. The Morgan fingerprint density at radius 3 is 3.07 bits per heavy atom. The molecule has 2 aromatic rings. The lowest BCUT2D eigenvalue weighted by atomic mass is 10.1. The number of aryl methyl sites for hydroxylation is 1. The Morgan fingerprint density at radius 1 is 1.43 bits per heavy atom. The summed E-state index contributed by atoms with van der Waals surface area (Å²) >= 11 is 0.334. The molecular formula is C11H9IN2. The number of hydrogen-bond donors (Lipinski definition) is 0. The standard InChI is InChI=1S/C11H9IN2/c1-7-5-10-8(3-2-4-13-10)11(14-7)9-6-12-9/h2-5H,6H2,1H3. The third kappa shape index (κ3) is 1.35. The monoisotopic (exact) mass is 296 g/mol. The molecule has 3 heterocycles. The Morgan fingerprint density at radius 2 is 2.29 bits per heavy atom. The Hall–Kier alpha value is -0.840. The summed E-state index contributed by atoms with van der Waals surface area (Å²) in [5.74, 6) is 0. The molecule has 0 unspecified atom stereocenters. The van der Waals surface area contributed by atoms with E-state index in [0.717, 1.165) is 11.2 Å². The van der Waals surface area contributed by atoms with Crippen LogP contribution in [0.25, 0.3) is 10.9 Å². The number of halogens is 1. The molecule has 3 rings (SSSR count). The van der Waals surface area contributed by atoms with Gasteiger partial charge in [-0.1, -0.05) is 0 Å². The number of nitrogens with zero attached hydrogens (tertiary/aromatic N) is 2. The van der Waals surface area contributed by atoms with Crippen LogP contribution in [0.3, 0.4) is 0 Å². The van der Waals surface area contributed by atoms with Gasteiger partial charge in [-0.2, -0.15) is 0 Å². The van der Waals surface area contributed by atoms with Crippen molar-refractivity contribution in [1.29, 1.82) is 0 Å². The molecule has 0 radical (unpaired) electrons. The fraction of sp³-hybridized carbons (Fsp3) is 0.182. The quantitative estimate of drug-likeness (QED) is 0.597. The van der Waals surface area contributed by atoms with Crippen molar-refractivity contribution in [2.75, 3.05) is 4.43 Å². The highest BCUT2D eigenvalue weighted by Crippen LogP contribution is 2.28. The average molecular weight is 296 g/mol. The van der Waals surface area contributed by atoms with Crippen LogP contribution < -0.4 is 0 Å². The largest absolute Gasteiger partial charge is 0.256 e. The fourth-order valence-corrected chi connectivity index (χ4v) is 2.89. The lowest BCUT2D eigenvalue weighted by molar-refractivity contribution is 1.20. The Bertz CT molecular complexity index is 546. The van der Waals surface area contributed by atoms with E-state index in [1.807, 2.05) is 19.2 Å². The molecular weight excluding hydrogens is 287 g/mol. The van der Waals surface area contributed by atoms with Crippen LogP contribution in [0.5, 0.6) is 0 Å². The first-order valence-electron chi connectivity index (χ1n) is 4.52. The maximum atomic E-state index is 4.61. The van der Waals surface area contributed by atoms with Crippen molar-refractivity contribution in [1.82, 2.24) is 9.97 Å². The van der Waals surface area contributed by atoms with Crippen molar-refractivity contribution in [3.8, 4) is 0 Å². The minimum Gasteiger partial charge on any atom is -0.256 e. The van der Waals surface area contributed by atoms with Gasteiger partial charge in [0.1, 0.15) is 0 Å². The highest BCUT2D eigenvalue weighted by molar-refractivity contribution is 14.2. The molecule has 0 saturated carbocycles. The number of fused-ring (bicyclic) bond motifs is 1. The molecule has 0 amide bonds. The van der Waals surface area contributed by atoms with Crippen molar-refractivity contribution >= 4 is 35.1 Å². The molecule has 3 heteroatoms. The molecule has 0 aromatic carbocycles. The minimum absolute atomic E-state index is 0.334. The maximum absolute atomic E-state index is 4.61. The topological polar surface area (TPSA) is 25.8 Å². The lowest BCUT2D eigenvalue weighted by Crippen LogP contribution is -1.97. The zero-order chi connectivity index (χ0) is 9.54. The summed E-state index contributed by atoms with van der Waals surface area (Å²) in [5.41, 5.74) is 3.38. The Kier molecular flexibility index (Phi) is 1.87. The molecule has 14 heavy (non-hydrogen) atoms. The molecule has 0 spiro atoms. The number of hydrogen-bond acceptors (Lipinski definition) is 2. The molecule has 0 bridgehead atoms. The van der Waals surface area contributed by atoms with Crippen LogP contribution in [-0.4, -0.2) is 17.9 Å². The smallest absolute Gasteiger partial charge is 0.0820 e.